The first-order chi connectivity index (χ1) is 60.2. The van der Waals surface area contributed by atoms with Gasteiger partial charge in [-0.25, -0.2) is 12.7 Å². The van der Waals surface area contributed by atoms with Gasteiger partial charge in [-0.15, -0.1) is 0 Å². The Bertz CT molecular complexity index is 5440. The zero-order chi connectivity index (χ0) is 88.5. The van der Waals surface area contributed by atoms with Crippen molar-refractivity contribution in [3.8, 4) is 6.07 Å². The number of hydroxylamine groups is 2. The van der Waals surface area contributed by atoms with Crippen LogP contribution in [0.1, 0.15) is 94.7 Å². The molecular formula is C102H135Cl2F3N14O3S6. The number of nitrogens with zero attached hydrogens (tertiary/aromatic N) is 14. The highest BCUT2D eigenvalue weighted by molar-refractivity contribution is 8.00. The van der Waals surface area contributed by atoms with Gasteiger partial charge in [-0.05, 0) is 258 Å². The fourth-order valence-electron chi connectivity index (χ4n) is 16.3. The fraction of sp³-hybridized carbons (Fsp3) is 0.402. The summed E-state index contributed by atoms with van der Waals surface area (Å²) in [6.45, 7) is 26.2. The average Bonchev–Trinajstić information content (AvgIpc) is 0.716. The van der Waals surface area contributed by atoms with Crippen LogP contribution in [-0.4, -0.2) is 233 Å². The topological polar surface area (TPSA) is 120 Å². The molecule has 10 aromatic carbocycles. The molecule has 0 spiro atoms. The summed E-state index contributed by atoms with van der Waals surface area (Å²) in [5.41, 5.74) is 11.3. The molecule has 10 aromatic rings. The predicted octanol–water partition coefficient (Wildman–Crippen LogP) is 26.0. The molecule has 7 heterocycles. The number of benzene rings is 10. The Morgan fingerprint density at radius 3 is 1.16 bits per heavy atom. The van der Waals surface area contributed by atoms with Crippen LogP contribution in [0.3, 0.4) is 0 Å². The van der Waals surface area contributed by atoms with Crippen molar-refractivity contribution in [3.05, 3.63) is 233 Å². The van der Waals surface area contributed by atoms with Crippen LogP contribution in [0.4, 0.5) is 70.0 Å². The lowest BCUT2D eigenvalue weighted by Gasteiger charge is -2.35. The summed E-state index contributed by atoms with van der Waals surface area (Å²) in [6.07, 6.45) is 0.00956. The molecule has 1 atom stereocenters. The van der Waals surface area contributed by atoms with Gasteiger partial charge in [-0.2, -0.15) is 23.5 Å². The smallest absolute Gasteiger partial charge is 0.340 e. The van der Waals surface area contributed by atoms with Gasteiger partial charge in [-0.1, -0.05) is 201 Å². The lowest BCUT2D eigenvalue weighted by molar-refractivity contribution is -0.137. The second-order valence-corrected chi connectivity index (χ2v) is 41.2. The van der Waals surface area contributed by atoms with Crippen molar-refractivity contribution < 1.29 is 26.8 Å². The van der Waals surface area contributed by atoms with Crippen molar-refractivity contribution in [2.24, 2.45) is 5.92 Å². The minimum absolute atomic E-state index is 0. The minimum Gasteiger partial charge on any atom is -0.340 e. The highest BCUT2D eigenvalue weighted by Gasteiger charge is 2.35. The Labute approximate surface area is 807 Å². The molecule has 28 heteroatoms. The summed E-state index contributed by atoms with van der Waals surface area (Å²) in [7, 11) is 10.1. The van der Waals surface area contributed by atoms with E-state index in [1.165, 1.54) is 96.0 Å². The van der Waals surface area contributed by atoms with E-state index in [1.807, 2.05) is 103 Å². The number of sulfonamides is 1. The standard InChI is InChI=1S/C22H30N4O2S2.C20H22N4OS.C19H23ClN2S.C19H21F3N2S.C17H19ClN2S.5CH4/c1-23(2)30(27,28)18-9-10-22-20(17-18)26(19-7-4-5-8-21(19)29-22)12-6-11-25-15-13-24(3)14-16-25;21-15-16-6-7-20-18(14-16)24(17-4-1-2-5-19(17)26-20)9-3-8-22-10-12-23(25)13-11-22;1-3-21(4-2)12-7-13-22-16-8-5-6-9-18(16)23-19-11-10-15(20)14-17(19)22;1-13(11-23(2)3)12-24-15-6-4-5-7-17(15)25-18-9-8-14(10-16(18)24)19(20,21)22;1-19(2)10-5-11-20-14-6-3-4-7-16(14)21-17-9-8-13(18)12-15(17)20;;;;;/h4-5,7-10,17H,6,11-16H2,1-3H3;1-2,4-7,14,25H,3,8-13H2;5-6,8-11,14H,3-4,7,12-13H2,1-2H3;4-10,13H,11-12H2,1-3H3;3-4,6-9,12H,5,10-11H2,1-2H3;5*1H4. The van der Waals surface area contributed by atoms with Crippen LogP contribution in [0.2, 0.25) is 10.0 Å². The molecule has 2 saturated heterocycles. The summed E-state index contributed by atoms with van der Waals surface area (Å²) >= 11 is 21.1. The van der Waals surface area contributed by atoms with Crippen LogP contribution >= 0.6 is 82.0 Å². The molecule has 130 heavy (non-hydrogen) atoms. The normalized spacial score (nSPS) is 15.0. The molecule has 7 aliphatic rings. The van der Waals surface area contributed by atoms with E-state index in [-0.39, 0.29) is 37.1 Å². The zero-order valence-corrected chi connectivity index (χ0v) is 79.5. The van der Waals surface area contributed by atoms with Gasteiger partial charge in [0.15, 0.2) is 0 Å². The van der Waals surface area contributed by atoms with Gasteiger partial charge in [0, 0.05) is 165 Å². The van der Waals surface area contributed by atoms with Crippen LogP contribution in [0.25, 0.3) is 0 Å². The Kier molecular flexibility index (Phi) is 42.0. The predicted molar refractivity (Wildman–Crippen MR) is 551 cm³/mol. The van der Waals surface area contributed by atoms with Crippen molar-refractivity contribution in [2.75, 3.05) is 205 Å². The number of likely N-dealkylation sites (N-methyl/N-ethyl adjacent to an activating group) is 1. The van der Waals surface area contributed by atoms with Gasteiger partial charge in [0.25, 0.3) is 0 Å². The number of alkyl halides is 3. The number of fused-ring (bicyclic) bond motifs is 10. The molecule has 0 saturated carbocycles. The third kappa shape index (κ3) is 27.8. The van der Waals surface area contributed by atoms with Gasteiger partial charge in [0.05, 0.1) is 79.0 Å². The molecule has 0 bridgehead atoms. The van der Waals surface area contributed by atoms with Crippen molar-refractivity contribution in [1.82, 2.24) is 38.8 Å². The SMILES string of the molecule is C.C.C.C.C.CC(CN(C)C)CN1c2ccccc2Sc2ccc(C(F)(F)F)cc21.CCN(CC)CCCN1c2ccccc2Sc2ccc(Cl)cc21.CN(C)CCCN1c2ccccc2Sc2ccc(Cl)cc21.CN1CCN(CCCN2c3ccccc3Sc3ccc(S(=O)(=O)N(C)C)cc32)CC1.N#Cc1ccc2c(c1)N(CCCN1CCN(O)CC1)c1ccccc1S2. The number of hydrogen-bond acceptors (Lipinski definition) is 21. The number of halogens is 5. The van der Waals surface area contributed by atoms with Crippen LogP contribution in [0, 0.1) is 17.2 Å². The second-order valence-electron chi connectivity index (χ2n) is 32.7. The van der Waals surface area contributed by atoms with Crippen molar-refractivity contribution in [1.29, 1.82) is 5.26 Å². The van der Waals surface area contributed by atoms with E-state index in [1.54, 1.807) is 49.8 Å². The van der Waals surface area contributed by atoms with E-state index in [4.69, 9.17) is 23.2 Å². The van der Waals surface area contributed by atoms with Gasteiger partial charge in [-0.3, -0.25) is 0 Å². The number of hydrogen-bond donors (Lipinski definition) is 1. The third-order valence-corrected chi connectivity index (χ3v) is 30.8. The third-order valence-electron chi connectivity index (χ3n) is 22.8. The number of piperazine rings is 2. The largest absolute Gasteiger partial charge is 0.416 e. The van der Waals surface area contributed by atoms with E-state index in [0.29, 0.717) is 28.6 Å². The van der Waals surface area contributed by atoms with Crippen LogP contribution in [-0.2, 0) is 16.2 Å². The molecule has 2 fully saturated rings. The highest BCUT2D eigenvalue weighted by atomic mass is 35.5. The van der Waals surface area contributed by atoms with Crippen LogP contribution in [0.5, 0.6) is 0 Å². The first-order valence-electron chi connectivity index (χ1n) is 43.0. The number of rotatable bonds is 24. The number of anilines is 10. The molecule has 0 aromatic heterocycles. The number of para-hydroxylation sites is 5. The van der Waals surface area contributed by atoms with E-state index in [9.17, 15) is 32.1 Å². The maximum absolute atomic E-state index is 13.2. The maximum Gasteiger partial charge on any atom is 0.416 e. The van der Waals surface area contributed by atoms with Gasteiger partial charge >= 0.3 is 6.18 Å². The monoisotopic (exact) mass is 1920 g/mol. The molecule has 0 amide bonds. The van der Waals surface area contributed by atoms with Crippen LogP contribution in [0.15, 0.2) is 266 Å². The molecule has 1 unspecified atom stereocenters. The van der Waals surface area contributed by atoms with Crippen LogP contribution < -0.4 is 24.5 Å². The lowest BCUT2D eigenvalue weighted by Crippen LogP contribution is -2.45. The van der Waals surface area contributed by atoms with E-state index in [2.05, 4.69) is 224 Å². The number of nitriles is 1. The Hall–Kier alpha value is -7.60. The Morgan fingerprint density at radius 2 is 0.769 bits per heavy atom. The minimum atomic E-state index is -4.34. The summed E-state index contributed by atoms with van der Waals surface area (Å²) in [6, 6.07) is 72.1. The second kappa shape index (κ2) is 50.7. The van der Waals surface area contributed by atoms with Gasteiger partial charge in [0.1, 0.15) is 0 Å². The molecule has 7 aliphatic heterocycles. The van der Waals surface area contributed by atoms with Crippen molar-refractivity contribution in [2.45, 2.75) is 144 Å². The van der Waals surface area contributed by atoms with E-state index < -0.39 is 21.8 Å². The molecule has 0 radical (unpaired) electrons. The van der Waals surface area contributed by atoms with Crippen molar-refractivity contribution in [3.63, 3.8) is 0 Å². The van der Waals surface area contributed by atoms with Crippen molar-refractivity contribution >= 4 is 149 Å². The summed E-state index contributed by atoms with van der Waals surface area (Å²) in [5.74, 6) is 0.313. The first-order valence-corrected chi connectivity index (χ1v) is 49.2. The lowest BCUT2D eigenvalue weighted by atomic mass is 10.1. The first kappa shape index (κ1) is 108. The Balaban J connectivity index is 0.000000200. The quantitative estimate of drug-likeness (QED) is 0.0617. The Morgan fingerprint density at radius 1 is 0.423 bits per heavy atom. The summed E-state index contributed by atoms with van der Waals surface area (Å²) in [4.78, 5) is 37.9. The average molecular weight is 1930 g/mol. The molecule has 17 rings (SSSR count). The molecule has 17 nitrogen and oxygen atoms in total. The molecule has 0 aliphatic carbocycles. The van der Waals surface area contributed by atoms with E-state index in [0.717, 1.165) is 198 Å². The molecule has 1 N–H and O–H groups in total. The summed E-state index contributed by atoms with van der Waals surface area (Å²) < 4.78 is 66.2. The van der Waals surface area contributed by atoms with E-state index >= 15 is 0 Å². The zero-order valence-electron chi connectivity index (χ0n) is 73.1. The molecular weight excluding hydrogens is 1790 g/mol. The summed E-state index contributed by atoms with van der Waals surface area (Å²) in [5, 5.41) is 21.8. The van der Waals surface area contributed by atoms with Gasteiger partial charge < -0.3 is 59.1 Å². The van der Waals surface area contributed by atoms with Gasteiger partial charge in [0.2, 0.25) is 10.0 Å². The highest BCUT2D eigenvalue weighted by Crippen LogP contribution is 2.55. The molecule has 702 valence electrons. The maximum atomic E-state index is 13.2. The fourth-order valence-corrected chi connectivity index (χ4v) is 23.0.